The van der Waals surface area contributed by atoms with Gasteiger partial charge < -0.3 is 0 Å². The Morgan fingerprint density at radius 3 is 1.42 bits per heavy atom. The molecule has 1 saturated carbocycles. The van der Waals surface area contributed by atoms with Crippen molar-refractivity contribution in [3.8, 4) is 0 Å². The zero-order valence-corrected chi connectivity index (χ0v) is 8.01. The van der Waals surface area contributed by atoms with E-state index in [0.29, 0.717) is 0 Å². The quantitative estimate of drug-likeness (QED) is 0.474. The maximum atomic E-state index is 2.38. The van der Waals surface area contributed by atoms with Crippen LogP contribution in [0, 0.1) is 17.8 Å². The first-order chi connectivity index (χ1) is 5.18. The van der Waals surface area contributed by atoms with Gasteiger partial charge in [0, 0.05) is 0 Å². The van der Waals surface area contributed by atoms with E-state index < -0.39 is 0 Å². The molecule has 0 radical (unpaired) electrons. The first-order valence-corrected chi connectivity index (χ1v) is 4.87. The topological polar surface area (TPSA) is 0 Å². The van der Waals surface area contributed by atoms with Gasteiger partial charge in [0.15, 0.2) is 0 Å². The van der Waals surface area contributed by atoms with E-state index in [9.17, 15) is 0 Å². The molecule has 0 aromatic rings. The lowest BCUT2D eigenvalue weighted by Crippen LogP contribution is -1.82. The van der Waals surface area contributed by atoms with Crippen molar-refractivity contribution < 1.29 is 0 Å². The minimum Gasteiger partial charge on any atom is -0.0851 e. The van der Waals surface area contributed by atoms with Crippen molar-refractivity contribution in [1.29, 1.82) is 0 Å². The van der Waals surface area contributed by atoms with E-state index in [4.69, 9.17) is 0 Å². The fourth-order valence-electron chi connectivity index (χ4n) is 1.72. The second kappa shape index (κ2) is 5.40. The van der Waals surface area contributed by atoms with Crippen molar-refractivity contribution in [2.75, 3.05) is 0 Å². The lowest BCUT2D eigenvalue weighted by atomic mass is 10.1. The second-order valence-electron chi connectivity index (χ2n) is 4.45. The van der Waals surface area contributed by atoms with Crippen LogP contribution in [0.4, 0.5) is 0 Å². The standard InChI is InChI=1S/C7H10.C4H10.CH4/c1-2-7-4-3-6(1)5-7;1-4(2)3;/h1-2,6-7H,3-5H2;4H,1-3H3;1H4. The summed E-state index contributed by atoms with van der Waals surface area (Å²) >= 11 is 0. The van der Waals surface area contributed by atoms with Crippen molar-refractivity contribution in [2.45, 2.75) is 47.5 Å². The largest absolute Gasteiger partial charge is 0.0851 e. The normalized spacial score (nSPS) is 29.7. The average Bonchev–Trinajstić information content (AvgIpc) is 2.45. The zero-order chi connectivity index (χ0) is 8.27. The highest BCUT2D eigenvalue weighted by Crippen LogP contribution is 2.38. The summed E-state index contributed by atoms with van der Waals surface area (Å²) in [7, 11) is 0. The van der Waals surface area contributed by atoms with Crippen LogP contribution >= 0.6 is 0 Å². The molecule has 0 nitrogen and oxygen atoms in total. The summed E-state index contributed by atoms with van der Waals surface area (Å²) < 4.78 is 0. The fourth-order valence-corrected chi connectivity index (χ4v) is 1.72. The van der Waals surface area contributed by atoms with Gasteiger partial charge in [-0.2, -0.15) is 0 Å². The van der Waals surface area contributed by atoms with E-state index in [1.54, 1.807) is 0 Å². The van der Waals surface area contributed by atoms with Gasteiger partial charge in [0.05, 0.1) is 0 Å². The third kappa shape index (κ3) is 3.94. The third-order valence-electron chi connectivity index (χ3n) is 2.17. The van der Waals surface area contributed by atoms with Crippen LogP contribution in [-0.2, 0) is 0 Å². The number of fused-ring (bicyclic) bond motifs is 2. The fraction of sp³-hybridized carbons (Fsp3) is 0.833. The minimum atomic E-state index is 0. The lowest BCUT2D eigenvalue weighted by Gasteiger charge is -1.96. The molecule has 72 valence electrons. The number of hydrogen-bond acceptors (Lipinski definition) is 0. The van der Waals surface area contributed by atoms with Crippen LogP contribution < -0.4 is 0 Å². The second-order valence-corrected chi connectivity index (χ2v) is 4.45. The summed E-state index contributed by atoms with van der Waals surface area (Å²) in [5.41, 5.74) is 0. The van der Waals surface area contributed by atoms with Gasteiger partial charge in [-0.25, -0.2) is 0 Å². The predicted octanol–water partition coefficient (Wildman–Crippen LogP) is 4.27. The van der Waals surface area contributed by atoms with Crippen LogP contribution in [0.1, 0.15) is 47.5 Å². The van der Waals surface area contributed by atoms with Gasteiger partial charge in [0.2, 0.25) is 0 Å². The molecular formula is C12H24. The molecule has 0 aliphatic heterocycles. The zero-order valence-electron chi connectivity index (χ0n) is 8.01. The Morgan fingerprint density at radius 2 is 1.33 bits per heavy atom. The third-order valence-corrected chi connectivity index (χ3v) is 2.17. The average molecular weight is 168 g/mol. The Morgan fingerprint density at radius 1 is 1.00 bits per heavy atom. The van der Waals surface area contributed by atoms with E-state index in [1.807, 2.05) is 0 Å². The molecular weight excluding hydrogens is 144 g/mol. The van der Waals surface area contributed by atoms with E-state index >= 15 is 0 Å². The molecule has 0 N–H and O–H groups in total. The van der Waals surface area contributed by atoms with Crippen LogP contribution in [0.25, 0.3) is 0 Å². The molecule has 2 aliphatic rings. The Balaban J connectivity index is 0.000000217. The van der Waals surface area contributed by atoms with Gasteiger partial charge in [-0.3, -0.25) is 0 Å². The summed E-state index contributed by atoms with van der Waals surface area (Å²) in [6.45, 7) is 6.50. The van der Waals surface area contributed by atoms with Crippen LogP contribution in [0.5, 0.6) is 0 Å². The summed E-state index contributed by atoms with van der Waals surface area (Å²) in [4.78, 5) is 0. The van der Waals surface area contributed by atoms with Crippen molar-refractivity contribution in [3.05, 3.63) is 12.2 Å². The predicted molar refractivity (Wildman–Crippen MR) is 57.2 cm³/mol. The van der Waals surface area contributed by atoms with Crippen LogP contribution in [0.15, 0.2) is 12.2 Å². The number of hydrogen-bond donors (Lipinski definition) is 0. The van der Waals surface area contributed by atoms with Crippen LogP contribution in [0.2, 0.25) is 0 Å². The van der Waals surface area contributed by atoms with Gasteiger partial charge in [0.1, 0.15) is 0 Å². The van der Waals surface area contributed by atoms with E-state index in [2.05, 4.69) is 32.9 Å². The lowest BCUT2D eigenvalue weighted by molar-refractivity contribution is 0.691. The number of allylic oxidation sites excluding steroid dienone is 2. The molecule has 0 aromatic heterocycles. The molecule has 0 heteroatoms. The number of rotatable bonds is 0. The molecule has 2 aliphatic carbocycles. The maximum Gasteiger partial charge on any atom is -0.0228 e. The molecule has 12 heavy (non-hydrogen) atoms. The Hall–Kier alpha value is -0.260. The summed E-state index contributed by atoms with van der Waals surface area (Å²) in [6.07, 6.45) is 9.19. The molecule has 2 bridgehead atoms. The molecule has 0 spiro atoms. The van der Waals surface area contributed by atoms with Crippen molar-refractivity contribution in [1.82, 2.24) is 0 Å². The molecule has 1 fully saturated rings. The van der Waals surface area contributed by atoms with Crippen molar-refractivity contribution in [2.24, 2.45) is 17.8 Å². The molecule has 2 unspecified atom stereocenters. The highest BCUT2D eigenvalue weighted by Gasteiger charge is 2.25. The van der Waals surface area contributed by atoms with Gasteiger partial charge in [0.25, 0.3) is 0 Å². The highest BCUT2D eigenvalue weighted by molar-refractivity contribution is 5.06. The Kier molecular flexibility index (Phi) is 5.28. The van der Waals surface area contributed by atoms with E-state index in [-0.39, 0.29) is 7.43 Å². The minimum absolute atomic E-state index is 0. The molecule has 0 heterocycles. The van der Waals surface area contributed by atoms with Gasteiger partial charge in [-0.1, -0.05) is 40.3 Å². The summed E-state index contributed by atoms with van der Waals surface area (Å²) in [6, 6.07) is 0. The molecule has 0 saturated heterocycles. The SMILES string of the molecule is C.C1=CC2CCC1C2.CC(C)C. The first kappa shape index (κ1) is 11.7. The van der Waals surface area contributed by atoms with Gasteiger partial charge >= 0.3 is 0 Å². The molecule has 2 atom stereocenters. The monoisotopic (exact) mass is 168 g/mol. The summed E-state index contributed by atoms with van der Waals surface area (Å²) in [5, 5.41) is 0. The van der Waals surface area contributed by atoms with Crippen molar-refractivity contribution in [3.63, 3.8) is 0 Å². The highest BCUT2D eigenvalue weighted by atomic mass is 14.3. The molecule has 0 aromatic carbocycles. The van der Waals surface area contributed by atoms with Crippen LogP contribution in [0.3, 0.4) is 0 Å². The summed E-state index contributed by atoms with van der Waals surface area (Å²) in [5.74, 6) is 2.81. The van der Waals surface area contributed by atoms with Crippen molar-refractivity contribution >= 4 is 0 Å². The van der Waals surface area contributed by atoms with Gasteiger partial charge in [-0.05, 0) is 37.0 Å². The Labute approximate surface area is 78.1 Å². The smallest absolute Gasteiger partial charge is 0.0228 e. The molecule has 2 rings (SSSR count). The first-order valence-electron chi connectivity index (χ1n) is 4.87. The van der Waals surface area contributed by atoms with Crippen LogP contribution in [-0.4, -0.2) is 0 Å². The van der Waals surface area contributed by atoms with E-state index in [1.165, 1.54) is 19.3 Å². The maximum absolute atomic E-state index is 2.38. The molecule has 0 amide bonds. The Bertz CT molecular complexity index is 118. The van der Waals surface area contributed by atoms with Gasteiger partial charge in [-0.15, -0.1) is 0 Å². The van der Waals surface area contributed by atoms with E-state index in [0.717, 1.165) is 17.8 Å².